The molecule has 0 unspecified atom stereocenters. The van der Waals surface area contributed by atoms with Gasteiger partial charge in [0.1, 0.15) is 0 Å². The molecule has 3 nitrogen and oxygen atoms in total. The summed E-state index contributed by atoms with van der Waals surface area (Å²) in [7, 11) is 0. The Labute approximate surface area is 124 Å². The summed E-state index contributed by atoms with van der Waals surface area (Å²) in [6, 6.07) is 5.21. The van der Waals surface area contributed by atoms with Gasteiger partial charge < -0.3 is 11.1 Å². The van der Waals surface area contributed by atoms with Crippen molar-refractivity contribution in [2.75, 3.05) is 6.54 Å². The van der Waals surface area contributed by atoms with Gasteiger partial charge in [0.2, 0.25) is 5.91 Å². The number of hydrogen-bond donors (Lipinski definition) is 2. The SMILES string of the molecule is CCC[C@H](N)CNC(=O)[C@H](C)c1c(Cl)cccc1Cl. The van der Waals surface area contributed by atoms with E-state index in [4.69, 9.17) is 28.9 Å². The second kappa shape index (κ2) is 7.73. The van der Waals surface area contributed by atoms with E-state index in [9.17, 15) is 4.79 Å². The smallest absolute Gasteiger partial charge is 0.227 e. The Morgan fingerprint density at radius 1 is 1.37 bits per heavy atom. The van der Waals surface area contributed by atoms with E-state index < -0.39 is 5.92 Å². The Kier molecular flexibility index (Phi) is 6.63. The van der Waals surface area contributed by atoms with Crippen molar-refractivity contribution in [1.29, 1.82) is 0 Å². The third-order valence-corrected chi connectivity index (χ3v) is 3.68. The largest absolute Gasteiger partial charge is 0.354 e. The van der Waals surface area contributed by atoms with Crippen LogP contribution in [0.5, 0.6) is 0 Å². The molecule has 19 heavy (non-hydrogen) atoms. The molecule has 1 rings (SSSR count). The first-order valence-electron chi connectivity index (χ1n) is 6.44. The number of hydrogen-bond acceptors (Lipinski definition) is 2. The first-order chi connectivity index (χ1) is 8.97. The summed E-state index contributed by atoms with van der Waals surface area (Å²) in [5.74, 6) is -0.503. The van der Waals surface area contributed by atoms with Gasteiger partial charge in [0.05, 0.1) is 5.92 Å². The number of halogens is 2. The van der Waals surface area contributed by atoms with Gasteiger partial charge in [-0.2, -0.15) is 0 Å². The molecule has 0 aliphatic rings. The van der Waals surface area contributed by atoms with E-state index in [0.717, 1.165) is 12.8 Å². The number of nitrogens with two attached hydrogens (primary N) is 1. The molecule has 0 spiro atoms. The average molecular weight is 303 g/mol. The molecule has 0 saturated heterocycles. The van der Waals surface area contributed by atoms with E-state index in [1.165, 1.54) is 0 Å². The van der Waals surface area contributed by atoms with Gasteiger partial charge >= 0.3 is 0 Å². The molecule has 2 atom stereocenters. The summed E-state index contributed by atoms with van der Waals surface area (Å²) in [6.45, 7) is 4.32. The highest BCUT2D eigenvalue weighted by Gasteiger charge is 2.20. The molecular weight excluding hydrogens is 283 g/mol. The fourth-order valence-electron chi connectivity index (χ4n) is 1.91. The predicted octanol–water partition coefficient (Wildman–Crippen LogP) is 3.34. The van der Waals surface area contributed by atoms with Crippen molar-refractivity contribution >= 4 is 29.1 Å². The zero-order valence-corrected chi connectivity index (χ0v) is 12.8. The second-order valence-corrected chi connectivity index (χ2v) is 5.47. The molecule has 0 aromatic heterocycles. The van der Waals surface area contributed by atoms with Gasteiger partial charge in [0, 0.05) is 28.2 Å². The number of carbonyl (C=O) groups excluding carboxylic acids is 1. The molecule has 1 amide bonds. The summed E-state index contributed by atoms with van der Waals surface area (Å²) >= 11 is 12.2. The van der Waals surface area contributed by atoms with Crippen LogP contribution in [-0.4, -0.2) is 18.5 Å². The Morgan fingerprint density at radius 2 is 1.95 bits per heavy atom. The van der Waals surface area contributed by atoms with Crippen LogP contribution in [0.15, 0.2) is 18.2 Å². The van der Waals surface area contributed by atoms with Gasteiger partial charge in [-0.3, -0.25) is 4.79 Å². The Hall–Kier alpha value is -0.770. The highest BCUT2D eigenvalue weighted by atomic mass is 35.5. The molecule has 0 radical (unpaired) electrons. The van der Waals surface area contributed by atoms with Crippen LogP contribution >= 0.6 is 23.2 Å². The Balaban J connectivity index is 2.67. The predicted molar refractivity (Wildman–Crippen MR) is 80.8 cm³/mol. The fraction of sp³-hybridized carbons (Fsp3) is 0.500. The molecule has 1 aromatic rings. The topological polar surface area (TPSA) is 55.1 Å². The molecule has 0 fully saturated rings. The van der Waals surface area contributed by atoms with Crippen molar-refractivity contribution in [3.63, 3.8) is 0 Å². The lowest BCUT2D eigenvalue weighted by atomic mass is 10.00. The number of amides is 1. The zero-order chi connectivity index (χ0) is 14.4. The highest BCUT2D eigenvalue weighted by Crippen LogP contribution is 2.31. The van der Waals surface area contributed by atoms with E-state index in [2.05, 4.69) is 12.2 Å². The van der Waals surface area contributed by atoms with Crippen LogP contribution < -0.4 is 11.1 Å². The second-order valence-electron chi connectivity index (χ2n) is 4.65. The van der Waals surface area contributed by atoms with Crippen LogP contribution in [0.3, 0.4) is 0 Å². The molecule has 0 saturated carbocycles. The van der Waals surface area contributed by atoms with Crippen LogP contribution in [0.2, 0.25) is 10.0 Å². The minimum atomic E-state index is -0.393. The average Bonchev–Trinajstić information content (AvgIpc) is 2.36. The van der Waals surface area contributed by atoms with E-state index >= 15 is 0 Å². The van der Waals surface area contributed by atoms with Crippen molar-refractivity contribution in [2.45, 2.75) is 38.6 Å². The standard InChI is InChI=1S/C14H20Cl2N2O/c1-3-5-10(17)8-18-14(19)9(2)13-11(15)6-4-7-12(13)16/h4,6-7,9-10H,3,5,8,17H2,1-2H3,(H,18,19)/t9-,10+/m1/s1. The maximum absolute atomic E-state index is 12.1. The summed E-state index contributed by atoms with van der Waals surface area (Å²) < 4.78 is 0. The third kappa shape index (κ3) is 4.68. The van der Waals surface area contributed by atoms with E-state index in [1.807, 2.05) is 0 Å². The molecule has 0 heterocycles. The van der Waals surface area contributed by atoms with Crippen LogP contribution in [-0.2, 0) is 4.79 Å². The van der Waals surface area contributed by atoms with Gasteiger partial charge in [-0.25, -0.2) is 0 Å². The van der Waals surface area contributed by atoms with Gasteiger partial charge in [-0.05, 0) is 25.5 Å². The van der Waals surface area contributed by atoms with Crippen LogP contribution in [0.4, 0.5) is 0 Å². The lowest BCUT2D eigenvalue weighted by molar-refractivity contribution is -0.122. The molecule has 0 aliphatic heterocycles. The molecular formula is C14H20Cl2N2O. The van der Waals surface area contributed by atoms with Gasteiger partial charge in [-0.15, -0.1) is 0 Å². The molecule has 0 aliphatic carbocycles. The van der Waals surface area contributed by atoms with Crippen molar-refractivity contribution in [2.24, 2.45) is 5.73 Å². The van der Waals surface area contributed by atoms with Crippen molar-refractivity contribution < 1.29 is 4.79 Å². The molecule has 106 valence electrons. The van der Waals surface area contributed by atoms with Crippen LogP contribution in [0.1, 0.15) is 38.2 Å². The Morgan fingerprint density at radius 3 is 2.47 bits per heavy atom. The van der Waals surface area contributed by atoms with Crippen molar-refractivity contribution in [1.82, 2.24) is 5.32 Å². The minimum absolute atomic E-state index is 0.0112. The van der Waals surface area contributed by atoms with Crippen LogP contribution in [0, 0.1) is 0 Å². The monoisotopic (exact) mass is 302 g/mol. The molecule has 0 bridgehead atoms. The van der Waals surface area contributed by atoms with E-state index in [1.54, 1.807) is 25.1 Å². The number of rotatable bonds is 6. The number of carbonyl (C=O) groups is 1. The Bertz CT molecular complexity index is 417. The fourth-order valence-corrected chi connectivity index (χ4v) is 2.64. The maximum Gasteiger partial charge on any atom is 0.227 e. The number of nitrogens with one attached hydrogen (secondary N) is 1. The molecule has 5 heteroatoms. The normalized spacial score (nSPS) is 13.9. The molecule has 1 aromatic carbocycles. The van der Waals surface area contributed by atoms with Crippen molar-refractivity contribution in [3.8, 4) is 0 Å². The third-order valence-electron chi connectivity index (χ3n) is 3.02. The summed E-state index contributed by atoms with van der Waals surface area (Å²) in [6.07, 6.45) is 1.89. The van der Waals surface area contributed by atoms with Gasteiger partial charge in [0.25, 0.3) is 0 Å². The lowest BCUT2D eigenvalue weighted by Crippen LogP contribution is -2.38. The quantitative estimate of drug-likeness (QED) is 0.847. The minimum Gasteiger partial charge on any atom is -0.354 e. The van der Waals surface area contributed by atoms with E-state index in [0.29, 0.717) is 22.2 Å². The van der Waals surface area contributed by atoms with Crippen molar-refractivity contribution in [3.05, 3.63) is 33.8 Å². The lowest BCUT2D eigenvalue weighted by Gasteiger charge is -2.17. The van der Waals surface area contributed by atoms with E-state index in [-0.39, 0.29) is 11.9 Å². The van der Waals surface area contributed by atoms with Gasteiger partial charge in [-0.1, -0.05) is 42.6 Å². The molecule has 3 N–H and O–H groups in total. The van der Waals surface area contributed by atoms with Crippen LogP contribution in [0.25, 0.3) is 0 Å². The first-order valence-corrected chi connectivity index (χ1v) is 7.20. The first kappa shape index (κ1) is 16.3. The summed E-state index contributed by atoms with van der Waals surface area (Å²) in [5, 5.41) is 3.85. The zero-order valence-electron chi connectivity index (χ0n) is 11.2. The van der Waals surface area contributed by atoms with Gasteiger partial charge in [0.15, 0.2) is 0 Å². The highest BCUT2D eigenvalue weighted by molar-refractivity contribution is 6.36. The summed E-state index contributed by atoms with van der Waals surface area (Å²) in [5.41, 5.74) is 6.52. The summed E-state index contributed by atoms with van der Waals surface area (Å²) in [4.78, 5) is 12.1. The number of benzene rings is 1. The maximum atomic E-state index is 12.1.